The van der Waals surface area contributed by atoms with Gasteiger partial charge in [0.05, 0.1) is 22.3 Å². The molecular weight excluding hydrogens is 392 g/mol. The molecule has 7 nitrogen and oxygen atoms in total. The second-order valence-electron chi connectivity index (χ2n) is 8.50. The molecule has 0 unspecified atom stereocenters. The molecule has 0 saturated heterocycles. The van der Waals surface area contributed by atoms with Gasteiger partial charge >= 0.3 is 0 Å². The Hall–Kier alpha value is -2.67. The molecule has 3 aromatic heterocycles. The topological polar surface area (TPSA) is 75.6 Å². The summed E-state index contributed by atoms with van der Waals surface area (Å²) in [5.41, 5.74) is 3.16. The van der Waals surface area contributed by atoms with Crippen LogP contribution in [0.2, 0.25) is 0 Å². The first-order chi connectivity index (χ1) is 14.7. The van der Waals surface area contributed by atoms with Gasteiger partial charge in [-0.05, 0) is 51.9 Å². The molecule has 31 heavy (non-hydrogen) atoms. The number of aryl methyl sites for hydroxylation is 3. The molecule has 3 aromatic rings. The molecule has 168 valence electrons. The molecule has 0 fully saturated rings. The van der Waals surface area contributed by atoms with Crippen LogP contribution in [0, 0.1) is 26.7 Å². The summed E-state index contributed by atoms with van der Waals surface area (Å²) in [6.07, 6.45) is 0. The van der Waals surface area contributed by atoms with Crippen molar-refractivity contribution in [1.82, 2.24) is 19.9 Å². The maximum Gasteiger partial charge on any atom is 0.259 e. The number of furan rings is 1. The molecule has 0 saturated carbocycles. The first-order valence-electron chi connectivity index (χ1n) is 11.1. The molecule has 0 bridgehead atoms. The minimum atomic E-state index is -0.0151. The standard InChI is InChI=1S/C24H34N4O3/c1-8-27(9-2)10-11-28(14-15(3)4)24(29)20-13-21(19-12-16(5)30-18(19)7)25-23-22(20)17(6)26-31-23/h12-13,15H,8-11,14H2,1-7H3. The third-order valence-corrected chi connectivity index (χ3v) is 5.62. The Morgan fingerprint density at radius 2 is 1.81 bits per heavy atom. The zero-order valence-electron chi connectivity index (χ0n) is 19.8. The molecule has 7 heteroatoms. The van der Waals surface area contributed by atoms with E-state index in [1.165, 1.54) is 0 Å². The highest BCUT2D eigenvalue weighted by molar-refractivity contribution is 6.07. The van der Waals surface area contributed by atoms with E-state index < -0.39 is 0 Å². The summed E-state index contributed by atoms with van der Waals surface area (Å²) in [5, 5.41) is 4.77. The van der Waals surface area contributed by atoms with Crippen LogP contribution in [-0.2, 0) is 0 Å². The van der Waals surface area contributed by atoms with Crippen molar-refractivity contribution in [1.29, 1.82) is 0 Å². The van der Waals surface area contributed by atoms with E-state index >= 15 is 0 Å². The Balaban J connectivity index is 2.06. The zero-order chi connectivity index (χ0) is 22.7. The zero-order valence-corrected chi connectivity index (χ0v) is 19.8. The van der Waals surface area contributed by atoms with Gasteiger partial charge in [-0.3, -0.25) is 4.79 Å². The maximum atomic E-state index is 13.8. The Morgan fingerprint density at radius 3 is 2.39 bits per heavy atom. The van der Waals surface area contributed by atoms with E-state index in [4.69, 9.17) is 8.94 Å². The highest BCUT2D eigenvalue weighted by Crippen LogP contribution is 2.31. The average molecular weight is 427 g/mol. The van der Waals surface area contributed by atoms with E-state index in [9.17, 15) is 4.79 Å². The van der Waals surface area contributed by atoms with Crippen molar-refractivity contribution in [2.75, 3.05) is 32.7 Å². The van der Waals surface area contributed by atoms with Crippen LogP contribution in [0.25, 0.3) is 22.4 Å². The summed E-state index contributed by atoms with van der Waals surface area (Å²) >= 11 is 0. The van der Waals surface area contributed by atoms with E-state index in [1.54, 1.807) is 0 Å². The van der Waals surface area contributed by atoms with Gasteiger partial charge in [-0.1, -0.05) is 32.9 Å². The molecule has 3 rings (SSSR count). The van der Waals surface area contributed by atoms with Gasteiger partial charge in [0.25, 0.3) is 11.6 Å². The van der Waals surface area contributed by atoms with E-state index in [0.29, 0.717) is 47.1 Å². The van der Waals surface area contributed by atoms with E-state index in [1.807, 2.05) is 37.8 Å². The van der Waals surface area contributed by atoms with Gasteiger partial charge in [0.1, 0.15) is 11.5 Å². The summed E-state index contributed by atoms with van der Waals surface area (Å²) in [5.74, 6) is 1.91. The summed E-state index contributed by atoms with van der Waals surface area (Å²) in [7, 11) is 0. The van der Waals surface area contributed by atoms with Crippen molar-refractivity contribution in [3.8, 4) is 11.3 Å². The third kappa shape index (κ3) is 4.98. The van der Waals surface area contributed by atoms with Crippen molar-refractivity contribution in [3.05, 3.63) is 34.9 Å². The fourth-order valence-electron chi connectivity index (χ4n) is 3.98. The van der Waals surface area contributed by atoms with Crippen LogP contribution in [0.4, 0.5) is 0 Å². The Bertz CT molecular complexity index is 1050. The summed E-state index contributed by atoms with van der Waals surface area (Å²) < 4.78 is 11.2. The van der Waals surface area contributed by atoms with Gasteiger partial charge in [0.15, 0.2) is 0 Å². The lowest BCUT2D eigenvalue weighted by Crippen LogP contribution is -2.40. The fourth-order valence-corrected chi connectivity index (χ4v) is 3.98. The van der Waals surface area contributed by atoms with Gasteiger partial charge in [-0.15, -0.1) is 0 Å². The fraction of sp³-hybridized carbons (Fsp3) is 0.542. The molecule has 0 N–H and O–H groups in total. The smallest absolute Gasteiger partial charge is 0.259 e. The number of carbonyl (C=O) groups excluding carboxylic acids is 1. The molecular formula is C24H34N4O3. The molecule has 0 aliphatic rings. The van der Waals surface area contributed by atoms with Crippen LogP contribution in [0.3, 0.4) is 0 Å². The van der Waals surface area contributed by atoms with Crippen molar-refractivity contribution < 1.29 is 13.7 Å². The van der Waals surface area contributed by atoms with E-state index in [0.717, 1.165) is 36.7 Å². The normalized spacial score (nSPS) is 11.8. The number of rotatable bonds is 9. The highest BCUT2D eigenvalue weighted by atomic mass is 16.5. The molecule has 0 aliphatic carbocycles. The number of hydrogen-bond acceptors (Lipinski definition) is 6. The lowest BCUT2D eigenvalue weighted by molar-refractivity contribution is 0.0718. The monoisotopic (exact) mass is 426 g/mol. The predicted molar refractivity (Wildman–Crippen MR) is 122 cm³/mol. The van der Waals surface area contributed by atoms with Gasteiger partial charge in [-0.25, -0.2) is 4.98 Å². The minimum absolute atomic E-state index is 0.0151. The summed E-state index contributed by atoms with van der Waals surface area (Å²) in [6.45, 7) is 18.3. The summed E-state index contributed by atoms with van der Waals surface area (Å²) in [6, 6.07) is 3.80. The molecule has 0 aliphatic heterocycles. The number of fused-ring (bicyclic) bond motifs is 1. The minimum Gasteiger partial charge on any atom is -0.466 e. The first-order valence-corrected chi connectivity index (χ1v) is 11.1. The largest absolute Gasteiger partial charge is 0.466 e. The van der Waals surface area contributed by atoms with Gasteiger partial charge in [0, 0.05) is 25.2 Å². The predicted octanol–water partition coefficient (Wildman–Crippen LogP) is 4.85. The van der Waals surface area contributed by atoms with Crippen LogP contribution in [0.5, 0.6) is 0 Å². The Kier molecular flexibility index (Phi) is 7.15. The molecule has 0 atom stereocenters. The van der Waals surface area contributed by atoms with E-state index in [2.05, 4.69) is 42.7 Å². The Morgan fingerprint density at radius 1 is 1.10 bits per heavy atom. The number of carbonyl (C=O) groups is 1. The van der Waals surface area contributed by atoms with Crippen LogP contribution < -0.4 is 0 Å². The van der Waals surface area contributed by atoms with Gasteiger partial charge in [-0.2, -0.15) is 0 Å². The first kappa shape index (κ1) is 23.0. The highest BCUT2D eigenvalue weighted by Gasteiger charge is 2.25. The van der Waals surface area contributed by atoms with Gasteiger partial charge < -0.3 is 18.7 Å². The lowest BCUT2D eigenvalue weighted by Gasteiger charge is -2.28. The molecule has 1 amide bonds. The van der Waals surface area contributed by atoms with Crippen LogP contribution in [0.1, 0.15) is 55.3 Å². The quantitative estimate of drug-likeness (QED) is 0.487. The Labute approximate surface area is 184 Å². The molecule has 3 heterocycles. The second-order valence-corrected chi connectivity index (χ2v) is 8.50. The van der Waals surface area contributed by atoms with Gasteiger partial charge in [0.2, 0.25) is 0 Å². The maximum absolute atomic E-state index is 13.8. The number of amides is 1. The second kappa shape index (κ2) is 9.64. The number of hydrogen-bond donors (Lipinski definition) is 0. The lowest BCUT2D eigenvalue weighted by atomic mass is 10.0. The number of aromatic nitrogens is 2. The van der Waals surface area contributed by atoms with Crippen LogP contribution in [-0.4, -0.2) is 58.6 Å². The summed E-state index contributed by atoms with van der Waals surface area (Å²) in [4.78, 5) is 22.7. The van der Waals surface area contributed by atoms with Crippen LogP contribution >= 0.6 is 0 Å². The number of nitrogens with zero attached hydrogens (tertiary/aromatic N) is 4. The SMILES string of the molecule is CCN(CC)CCN(CC(C)C)C(=O)c1cc(-c2cc(C)oc2C)nc2onc(C)c12. The van der Waals surface area contributed by atoms with Crippen molar-refractivity contribution >= 4 is 17.0 Å². The number of likely N-dealkylation sites (N-methyl/N-ethyl adjacent to an activating group) is 1. The molecule has 0 radical (unpaired) electrons. The van der Waals surface area contributed by atoms with Crippen molar-refractivity contribution in [3.63, 3.8) is 0 Å². The van der Waals surface area contributed by atoms with E-state index in [-0.39, 0.29) is 5.91 Å². The van der Waals surface area contributed by atoms with Crippen molar-refractivity contribution in [2.45, 2.75) is 48.5 Å². The molecule has 0 aromatic carbocycles. The number of pyridine rings is 1. The average Bonchev–Trinajstić information content (AvgIpc) is 3.27. The van der Waals surface area contributed by atoms with Crippen molar-refractivity contribution in [2.24, 2.45) is 5.92 Å². The molecule has 0 spiro atoms. The van der Waals surface area contributed by atoms with Crippen LogP contribution in [0.15, 0.2) is 21.1 Å². The third-order valence-electron chi connectivity index (χ3n) is 5.62.